The van der Waals surface area contributed by atoms with Crippen LogP contribution >= 0.6 is 34.8 Å². The average Bonchev–Trinajstić information content (AvgIpc) is 2.31. The predicted octanol–water partition coefficient (Wildman–Crippen LogP) is 4.20. The molecule has 2 aromatic carbocycles. The minimum absolute atomic E-state index is 0.127. The van der Waals surface area contributed by atoms with E-state index in [-0.39, 0.29) is 15.8 Å². The molecule has 2 rings (SSSR count). The Kier molecular flexibility index (Phi) is 5.41. The van der Waals surface area contributed by atoms with Crippen molar-refractivity contribution in [1.29, 1.82) is 0 Å². The summed E-state index contributed by atoms with van der Waals surface area (Å²) in [7, 11) is 0. The van der Waals surface area contributed by atoms with Gasteiger partial charge in [0.2, 0.25) is 0 Å². The van der Waals surface area contributed by atoms with Gasteiger partial charge in [-0.05, 0) is 24.3 Å². The van der Waals surface area contributed by atoms with Crippen molar-refractivity contribution in [2.45, 2.75) is 0 Å². The van der Waals surface area contributed by atoms with Crippen LogP contribution in [0.25, 0.3) is 0 Å². The van der Waals surface area contributed by atoms with Crippen molar-refractivity contribution < 1.29 is 5.11 Å². The molecule has 0 aliphatic carbocycles. The van der Waals surface area contributed by atoms with Crippen molar-refractivity contribution in [2.24, 2.45) is 0 Å². The van der Waals surface area contributed by atoms with Gasteiger partial charge in [-0.25, -0.2) is 0 Å². The molecule has 0 amide bonds. The smallest absolute Gasteiger partial charge is 0.152 e. The maximum Gasteiger partial charge on any atom is 0.152 e. The third-order valence-corrected chi connectivity index (χ3v) is 2.86. The van der Waals surface area contributed by atoms with Gasteiger partial charge in [0.1, 0.15) is 0 Å². The number of rotatable bonds is 0. The molecular formula is C12H11Cl3N2O. The molecule has 5 N–H and O–H groups in total. The largest absolute Gasteiger partial charge is 0.505 e. The number of phenolic OH excluding ortho intramolecular Hbond substituents is 1. The van der Waals surface area contributed by atoms with E-state index in [4.69, 9.17) is 51.4 Å². The zero-order valence-electron chi connectivity index (χ0n) is 9.20. The Morgan fingerprint density at radius 2 is 1.33 bits per heavy atom. The van der Waals surface area contributed by atoms with E-state index in [1.807, 2.05) is 12.1 Å². The Morgan fingerprint density at radius 1 is 0.833 bits per heavy atom. The molecule has 3 nitrogen and oxygen atoms in total. The summed E-state index contributed by atoms with van der Waals surface area (Å²) in [6.07, 6.45) is 0. The van der Waals surface area contributed by atoms with E-state index in [1.54, 1.807) is 12.1 Å². The monoisotopic (exact) mass is 304 g/mol. The highest BCUT2D eigenvalue weighted by Crippen LogP contribution is 2.33. The summed E-state index contributed by atoms with van der Waals surface area (Å²) in [4.78, 5) is 0. The third-order valence-electron chi connectivity index (χ3n) is 1.94. The first-order valence-corrected chi connectivity index (χ1v) is 5.98. The lowest BCUT2D eigenvalue weighted by Gasteiger charge is -1.99. The molecule has 18 heavy (non-hydrogen) atoms. The number of phenols is 1. The van der Waals surface area contributed by atoms with Gasteiger partial charge < -0.3 is 16.6 Å². The second kappa shape index (κ2) is 6.59. The average molecular weight is 306 g/mol. The van der Waals surface area contributed by atoms with E-state index in [0.717, 1.165) is 0 Å². The van der Waals surface area contributed by atoms with E-state index in [0.29, 0.717) is 16.4 Å². The van der Waals surface area contributed by atoms with Gasteiger partial charge in [0, 0.05) is 5.69 Å². The van der Waals surface area contributed by atoms with Crippen LogP contribution in [0.15, 0.2) is 36.4 Å². The molecule has 6 heteroatoms. The summed E-state index contributed by atoms with van der Waals surface area (Å²) >= 11 is 16.6. The molecule has 0 saturated carbocycles. The minimum Gasteiger partial charge on any atom is -0.505 e. The Bertz CT molecular complexity index is 503. The second-order valence-electron chi connectivity index (χ2n) is 3.35. The van der Waals surface area contributed by atoms with Gasteiger partial charge in [-0.3, -0.25) is 0 Å². The van der Waals surface area contributed by atoms with Crippen LogP contribution in [0.2, 0.25) is 15.1 Å². The summed E-state index contributed by atoms with van der Waals surface area (Å²) < 4.78 is 0. The van der Waals surface area contributed by atoms with Crippen LogP contribution in [0.1, 0.15) is 0 Å². The predicted molar refractivity (Wildman–Crippen MR) is 78.4 cm³/mol. The van der Waals surface area contributed by atoms with Gasteiger partial charge in [0.15, 0.2) is 5.75 Å². The van der Waals surface area contributed by atoms with Crippen molar-refractivity contribution in [2.75, 3.05) is 11.5 Å². The maximum atomic E-state index is 9.01. The molecule has 0 unspecified atom stereocenters. The lowest BCUT2D eigenvalue weighted by Crippen LogP contribution is -1.83. The van der Waals surface area contributed by atoms with Crippen LogP contribution < -0.4 is 11.5 Å². The van der Waals surface area contributed by atoms with Crippen LogP contribution in [0.5, 0.6) is 5.75 Å². The standard InChI is InChI=1S/C6H5Cl2NO.C6H6ClN/c7-4-1-3(9)2-5(8)6(4)10;7-5-3-1-2-4-6(5)8/h1-2,10H,9H2;1-4H,8H2. The van der Waals surface area contributed by atoms with E-state index in [2.05, 4.69) is 0 Å². The van der Waals surface area contributed by atoms with E-state index < -0.39 is 0 Å². The number of hydrogen-bond acceptors (Lipinski definition) is 3. The molecule has 0 spiro atoms. The molecular weight excluding hydrogens is 295 g/mol. The Labute approximate surface area is 120 Å². The van der Waals surface area contributed by atoms with Gasteiger partial charge in [-0.15, -0.1) is 0 Å². The Balaban J connectivity index is 0.000000184. The maximum absolute atomic E-state index is 9.01. The molecule has 0 aliphatic heterocycles. The Morgan fingerprint density at radius 3 is 1.72 bits per heavy atom. The number of hydrogen-bond donors (Lipinski definition) is 3. The molecule has 0 atom stereocenters. The van der Waals surface area contributed by atoms with Gasteiger partial charge in [0.05, 0.1) is 20.8 Å². The number of aromatic hydroxyl groups is 1. The molecule has 0 radical (unpaired) electrons. The van der Waals surface area contributed by atoms with E-state index >= 15 is 0 Å². The summed E-state index contributed by atoms with van der Waals surface area (Å²) in [5.74, 6) is -0.127. The second-order valence-corrected chi connectivity index (χ2v) is 4.58. The third kappa shape index (κ3) is 4.18. The number of benzene rings is 2. The molecule has 0 heterocycles. The highest BCUT2D eigenvalue weighted by Gasteiger charge is 2.03. The van der Waals surface area contributed by atoms with Crippen molar-refractivity contribution >= 4 is 46.2 Å². The van der Waals surface area contributed by atoms with Crippen LogP contribution in [0, 0.1) is 0 Å². The van der Waals surface area contributed by atoms with Crippen molar-refractivity contribution in [3.05, 3.63) is 51.5 Å². The minimum atomic E-state index is -0.127. The zero-order valence-corrected chi connectivity index (χ0v) is 11.5. The molecule has 0 fully saturated rings. The van der Waals surface area contributed by atoms with Crippen molar-refractivity contribution in [3.63, 3.8) is 0 Å². The van der Waals surface area contributed by atoms with Crippen LogP contribution in [-0.2, 0) is 0 Å². The van der Waals surface area contributed by atoms with Crippen LogP contribution in [0.3, 0.4) is 0 Å². The molecule has 2 aromatic rings. The summed E-state index contributed by atoms with van der Waals surface area (Å²) in [6.45, 7) is 0. The fraction of sp³-hybridized carbons (Fsp3) is 0. The quantitative estimate of drug-likeness (QED) is 0.504. The molecule has 0 bridgehead atoms. The van der Waals surface area contributed by atoms with Gasteiger partial charge in [-0.2, -0.15) is 0 Å². The first-order chi connectivity index (χ1) is 8.41. The number of para-hydroxylation sites is 1. The van der Waals surface area contributed by atoms with Gasteiger partial charge >= 0.3 is 0 Å². The molecule has 0 saturated heterocycles. The number of nitrogen functional groups attached to an aromatic ring is 2. The zero-order chi connectivity index (χ0) is 13.7. The molecule has 0 aliphatic rings. The SMILES string of the molecule is Nc1cc(Cl)c(O)c(Cl)c1.Nc1ccccc1Cl. The number of halogens is 3. The summed E-state index contributed by atoms with van der Waals surface area (Å²) in [6, 6.07) is 10.1. The fourth-order valence-corrected chi connectivity index (χ4v) is 1.70. The van der Waals surface area contributed by atoms with E-state index in [1.165, 1.54) is 12.1 Å². The highest BCUT2D eigenvalue weighted by atomic mass is 35.5. The van der Waals surface area contributed by atoms with Crippen LogP contribution in [0.4, 0.5) is 11.4 Å². The van der Waals surface area contributed by atoms with Gasteiger partial charge in [-0.1, -0.05) is 46.9 Å². The van der Waals surface area contributed by atoms with Crippen molar-refractivity contribution in [3.8, 4) is 5.75 Å². The molecule has 96 valence electrons. The topological polar surface area (TPSA) is 72.3 Å². The summed E-state index contributed by atoms with van der Waals surface area (Å²) in [5, 5.41) is 9.97. The normalized spacial score (nSPS) is 9.50. The van der Waals surface area contributed by atoms with Crippen LogP contribution in [-0.4, -0.2) is 5.11 Å². The highest BCUT2D eigenvalue weighted by molar-refractivity contribution is 6.37. The first-order valence-electron chi connectivity index (χ1n) is 4.85. The van der Waals surface area contributed by atoms with Crippen molar-refractivity contribution in [1.82, 2.24) is 0 Å². The number of anilines is 2. The lowest BCUT2D eigenvalue weighted by molar-refractivity contribution is 0.476. The molecule has 0 aromatic heterocycles. The number of nitrogens with two attached hydrogens (primary N) is 2. The van der Waals surface area contributed by atoms with Gasteiger partial charge in [0.25, 0.3) is 0 Å². The first kappa shape index (κ1) is 14.8. The fourth-order valence-electron chi connectivity index (χ4n) is 1.06. The van der Waals surface area contributed by atoms with E-state index in [9.17, 15) is 0 Å². The Hall–Kier alpha value is -1.29. The lowest BCUT2D eigenvalue weighted by atomic mass is 10.3. The summed E-state index contributed by atoms with van der Waals surface area (Å²) in [5.41, 5.74) is 11.8.